The van der Waals surface area contributed by atoms with Crippen LogP contribution in [0.5, 0.6) is 0 Å². The summed E-state index contributed by atoms with van der Waals surface area (Å²) in [5.74, 6) is 0. The first-order valence-electron chi connectivity index (χ1n) is 3.23. The minimum atomic E-state index is -0.284. The van der Waals surface area contributed by atoms with Crippen molar-refractivity contribution in [3.8, 4) is 0 Å². The normalized spacial score (nSPS) is 14.0. The first kappa shape index (κ1) is 8.44. The summed E-state index contributed by atoms with van der Waals surface area (Å²) < 4.78 is 0. The van der Waals surface area contributed by atoms with Gasteiger partial charge in [-0.3, -0.25) is 0 Å². The smallest absolute Gasteiger partial charge is 0.0723 e. The third-order valence-corrected chi connectivity index (χ3v) is 1.08. The zero-order valence-corrected chi connectivity index (χ0v) is 5.88. The summed E-state index contributed by atoms with van der Waals surface area (Å²) in [5, 5.41) is 9.05. The van der Waals surface area contributed by atoms with Crippen LogP contribution < -0.4 is 0 Å². The van der Waals surface area contributed by atoms with E-state index >= 15 is 0 Å². The molecule has 0 aromatic heterocycles. The van der Waals surface area contributed by atoms with Crippen LogP contribution in [0.15, 0.2) is 24.8 Å². The molecule has 0 aliphatic heterocycles. The molecular formula is C8H14O. The molecule has 0 aliphatic rings. The Kier molecular flexibility index (Phi) is 5.23. The van der Waals surface area contributed by atoms with Gasteiger partial charge in [0.1, 0.15) is 0 Å². The summed E-state index contributed by atoms with van der Waals surface area (Å²) in [7, 11) is 0. The fourth-order valence-electron chi connectivity index (χ4n) is 0.607. The van der Waals surface area contributed by atoms with Gasteiger partial charge >= 0.3 is 0 Å². The van der Waals surface area contributed by atoms with Gasteiger partial charge in [0.15, 0.2) is 0 Å². The summed E-state index contributed by atoms with van der Waals surface area (Å²) in [6.07, 6.45) is 6.83. The van der Waals surface area contributed by atoms with Crippen LogP contribution in [0, 0.1) is 0 Å². The minimum Gasteiger partial charge on any atom is -0.389 e. The maximum absolute atomic E-state index is 9.05. The van der Waals surface area contributed by atoms with Crippen LogP contribution in [0.4, 0.5) is 0 Å². The van der Waals surface area contributed by atoms with Crippen molar-refractivity contribution in [2.75, 3.05) is 0 Å². The largest absolute Gasteiger partial charge is 0.389 e. The van der Waals surface area contributed by atoms with Gasteiger partial charge in [-0.25, -0.2) is 0 Å². The quantitative estimate of drug-likeness (QED) is 0.570. The molecule has 1 unspecified atom stereocenters. The molecule has 0 spiro atoms. The van der Waals surface area contributed by atoms with Crippen LogP contribution in [0.2, 0.25) is 0 Å². The molecular weight excluding hydrogens is 112 g/mol. The SMILES string of the molecule is C=CCCC(O)C=CC. The average molecular weight is 126 g/mol. The Bertz CT molecular complexity index is 94.7. The molecule has 0 aromatic rings. The molecule has 0 aromatic carbocycles. The Morgan fingerprint density at radius 2 is 2.33 bits per heavy atom. The molecule has 0 rings (SSSR count). The van der Waals surface area contributed by atoms with E-state index < -0.39 is 0 Å². The highest BCUT2D eigenvalue weighted by Gasteiger charge is 1.93. The van der Waals surface area contributed by atoms with Crippen molar-refractivity contribution in [2.24, 2.45) is 0 Å². The Balaban J connectivity index is 3.25. The lowest BCUT2D eigenvalue weighted by Gasteiger charge is -1.99. The van der Waals surface area contributed by atoms with Crippen molar-refractivity contribution in [1.29, 1.82) is 0 Å². The van der Waals surface area contributed by atoms with Crippen LogP contribution in [0.25, 0.3) is 0 Å². The summed E-state index contributed by atoms with van der Waals surface area (Å²) in [5.41, 5.74) is 0. The Hall–Kier alpha value is -0.560. The molecule has 1 heteroatoms. The predicted molar refractivity (Wildman–Crippen MR) is 40.3 cm³/mol. The molecule has 0 amide bonds. The van der Waals surface area contributed by atoms with Gasteiger partial charge < -0.3 is 5.11 Å². The van der Waals surface area contributed by atoms with Crippen molar-refractivity contribution in [3.63, 3.8) is 0 Å². The summed E-state index contributed by atoms with van der Waals surface area (Å²) >= 11 is 0. The van der Waals surface area contributed by atoms with Crippen LogP contribution in [0.3, 0.4) is 0 Å². The van der Waals surface area contributed by atoms with Crippen LogP contribution >= 0.6 is 0 Å². The van der Waals surface area contributed by atoms with Gasteiger partial charge in [-0.15, -0.1) is 6.58 Å². The third-order valence-electron chi connectivity index (χ3n) is 1.08. The van der Waals surface area contributed by atoms with E-state index in [2.05, 4.69) is 6.58 Å². The van der Waals surface area contributed by atoms with E-state index in [4.69, 9.17) is 5.11 Å². The maximum atomic E-state index is 9.05. The van der Waals surface area contributed by atoms with Gasteiger partial charge in [0.25, 0.3) is 0 Å². The number of hydrogen-bond acceptors (Lipinski definition) is 1. The molecule has 0 radical (unpaired) electrons. The summed E-state index contributed by atoms with van der Waals surface area (Å²) in [6, 6.07) is 0. The van der Waals surface area contributed by atoms with Gasteiger partial charge in [0, 0.05) is 0 Å². The van der Waals surface area contributed by atoms with Crippen LogP contribution in [-0.2, 0) is 0 Å². The highest BCUT2D eigenvalue weighted by molar-refractivity contribution is 4.86. The second kappa shape index (κ2) is 5.57. The highest BCUT2D eigenvalue weighted by atomic mass is 16.3. The average Bonchev–Trinajstić information content (AvgIpc) is 1.85. The highest BCUT2D eigenvalue weighted by Crippen LogP contribution is 1.97. The maximum Gasteiger partial charge on any atom is 0.0723 e. The Morgan fingerprint density at radius 1 is 1.67 bits per heavy atom. The molecule has 1 atom stereocenters. The lowest BCUT2D eigenvalue weighted by molar-refractivity contribution is 0.214. The van der Waals surface area contributed by atoms with E-state index in [1.165, 1.54) is 0 Å². The topological polar surface area (TPSA) is 20.2 Å². The number of aliphatic hydroxyl groups is 1. The van der Waals surface area contributed by atoms with E-state index in [-0.39, 0.29) is 6.10 Å². The second-order valence-corrected chi connectivity index (χ2v) is 1.96. The van der Waals surface area contributed by atoms with E-state index in [9.17, 15) is 0 Å². The lowest BCUT2D eigenvalue weighted by Crippen LogP contribution is -1.99. The number of allylic oxidation sites excluding steroid dienone is 2. The first-order valence-corrected chi connectivity index (χ1v) is 3.23. The Labute approximate surface area is 56.7 Å². The zero-order chi connectivity index (χ0) is 7.11. The van der Waals surface area contributed by atoms with Crippen molar-refractivity contribution in [2.45, 2.75) is 25.9 Å². The standard InChI is InChI=1S/C8H14O/c1-3-5-7-8(9)6-4-2/h3-4,6,8-9H,1,5,7H2,2H3. The van der Waals surface area contributed by atoms with Gasteiger partial charge in [-0.05, 0) is 19.8 Å². The van der Waals surface area contributed by atoms with E-state index in [0.29, 0.717) is 0 Å². The van der Waals surface area contributed by atoms with Crippen LogP contribution in [0.1, 0.15) is 19.8 Å². The number of aliphatic hydroxyl groups excluding tert-OH is 1. The fourth-order valence-corrected chi connectivity index (χ4v) is 0.607. The molecule has 0 saturated carbocycles. The van der Waals surface area contributed by atoms with E-state index in [1.54, 1.807) is 6.08 Å². The monoisotopic (exact) mass is 126 g/mol. The van der Waals surface area contributed by atoms with Crippen molar-refractivity contribution in [1.82, 2.24) is 0 Å². The molecule has 9 heavy (non-hydrogen) atoms. The number of rotatable bonds is 4. The molecule has 0 bridgehead atoms. The van der Waals surface area contributed by atoms with Gasteiger partial charge in [0.05, 0.1) is 6.10 Å². The van der Waals surface area contributed by atoms with Gasteiger partial charge in [-0.1, -0.05) is 18.2 Å². The van der Waals surface area contributed by atoms with Crippen LogP contribution in [-0.4, -0.2) is 11.2 Å². The zero-order valence-electron chi connectivity index (χ0n) is 5.88. The molecule has 1 N–H and O–H groups in total. The summed E-state index contributed by atoms with van der Waals surface area (Å²) in [4.78, 5) is 0. The van der Waals surface area contributed by atoms with E-state index in [0.717, 1.165) is 12.8 Å². The molecule has 0 fully saturated rings. The Morgan fingerprint density at radius 3 is 2.78 bits per heavy atom. The lowest BCUT2D eigenvalue weighted by atomic mass is 10.2. The molecule has 52 valence electrons. The van der Waals surface area contributed by atoms with Gasteiger partial charge in [-0.2, -0.15) is 0 Å². The predicted octanol–water partition coefficient (Wildman–Crippen LogP) is 1.89. The van der Waals surface area contributed by atoms with Crippen molar-refractivity contribution >= 4 is 0 Å². The fraction of sp³-hybridized carbons (Fsp3) is 0.500. The minimum absolute atomic E-state index is 0.284. The second-order valence-electron chi connectivity index (χ2n) is 1.96. The van der Waals surface area contributed by atoms with Gasteiger partial charge in [0.2, 0.25) is 0 Å². The van der Waals surface area contributed by atoms with E-state index in [1.807, 2.05) is 19.1 Å². The summed E-state index contributed by atoms with van der Waals surface area (Å²) in [6.45, 7) is 5.46. The molecule has 0 heterocycles. The molecule has 0 aliphatic carbocycles. The first-order chi connectivity index (χ1) is 4.31. The van der Waals surface area contributed by atoms with Crippen molar-refractivity contribution < 1.29 is 5.11 Å². The van der Waals surface area contributed by atoms with Crippen molar-refractivity contribution in [3.05, 3.63) is 24.8 Å². The molecule has 1 nitrogen and oxygen atoms in total. The third kappa shape index (κ3) is 5.31. The molecule has 0 saturated heterocycles. The number of hydrogen-bond donors (Lipinski definition) is 1.